The Bertz CT molecular complexity index is 672. The lowest BCUT2D eigenvalue weighted by Crippen LogP contribution is -2.31. The highest BCUT2D eigenvalue weighted by atomic mass is 35.5. The fourth-order valence-corrected chi connectivity index (χ4v) is 2.34. The van der Waals surface area contributed by atoms with Gasteiger partial charge in [-0.1, -0.05) is 23.2 Å². The van der Waals surface area contributed by atoms with Crippen molar-refractivity contribution in [3.8, 4) is 0 Å². The first kappa shape index (κ1) is 16.6. The Morgan fingerprint density at radius 2 is 1.77 bits per heavy atom. The summed E-state index contributed by atoms with van der Waals surface area (Å²) in [5.74, 6) is -0.0808. The van der Waals surface area contributed by atoms with E-state index in [1.165, 1.54) is 0 Å². The molecule has 1 aromatic heterocycles. The van der Waals surface area contributed by atoms with E-state index in [1.54, 1.807) is 35.4 Å². The molecule has 0 aliphatic carbocycles. The lowest BCUT2D eigenvalue weighted by molar-refractivity contribution is 0.0767. The van der Waals surface area contributed by atoms with E-state index < -0.39 is 0 Å². The highest BCUT2D eigenvalue weighted by Gasteiger charge is 2.14. The molecule has 22 heavy (non-hydrogen) atoms. The van der Waals surface area contributed by atoms with Crippen molar-refractivity contribution in [1.29, 1.82) is 0 Å². The number of halogens is 2. The largest absolute Gasteiger partial charge is 0.355 e. The molecule has 0 fully saturated rings. The van der Waals surface area contributed by atoms with Gasteiger partial charge in [-0.3, -0.25) is 9.78 Å². The van der Waals surface area contributed by atoms with Gasteiger partial charge in [-0.05, 0) is 44.2 Å². The van der Waals surface area contributed by atoms with Crippen LogP contribution in [0.4, 0.5) is 11.4 Å². The summed E-state index contributed by atoms with van der Waals surface area (Å²) in [6.45, 7) is 5.20. The van der Waals surface area contributed by atoms with Gasteiger partial charge in [-0.25, -0.2) is 0 Å². The second-order valence-electron chi connectivity index (χ2n) is 4.66. The van der Waals surface area contributed by atoms with Crippen molar-refractivity contribution in [2.24, 2.45) is 0 Å². The second kappa shape index (κ2) is 7.47. The van der Waals surface area contributed by atoms with Crippen LogP contribution in [-0.4, -0.2) is 28.9 Å². The third-order valence-corrected chi connectivity index (χ3v) is 3.98. The van der Waals surface area contributed by atoms with Crippen molar-refractivity contribution in [2.75, 3.05) is 18.4 Å². The van der Waals surface area contributed by atoms with E-state index in [0.717, 1.165) is 11.4 Å². The number of nitrogens with zero attached hydrogens (tertiary/aromatic N) is 2. The molecule has 4 nitrogen and oxygen atoms in total. The monoisotopic (exact) mass is 337 g/mol. The van der Waals surface area contributed by atoms with Gasteiger partial charge in [0.25, 0.3) is 5.91 Å². The summed E-state index contributed by atoms with van der Waals surface area (Å²) >= 11 is 11.9. The summed E-state index contributed by atoms with van der Waals surface area (Å²) in [7, 11) is 0. The Hall–Kier alpha value is -1.78. The number of aromatic nitrogens is 1. The van der Waals surface area contributed by atoms with Crippen LogP contribution in [0.1, 0.15) is 24.3 Å². The van der Waals surface area contributed by atoms with Crippen molar-refractivity contribution in [3.63, 3.8) is 0 Å². The van der Waals surface area contributed by atoms with E-state index in [-0.39, 0.29) is 5.91 Å². The molecule has 0 unspecified atom stereocenters. The van der Waals surface area contributed by atoms with E-state index in [4.69, 9.17) is 23.2 Å². The summed E-state index contributed by atoms with van der Waals surface area (Å²) in [4.78, 5) is 18.2. The zero-order valence-corrected chi connectivity index (χ0v) is 13.9. The van der Waals surface area contributed by atoms with Crippen LogP contribution >= 0.6 is 23.2 Å². The molecule has 0 spiro atoms. The van der Waals surface area contributed by atoms with Crippen molar-refractivity contribution in [3.05, 3.63) is 52.3 Å². The van der Waals surface area contributed by atoms with E-state index in [0.29, 0.717) is 28.8 Å². The number of nitrogens with one attached hydrogen (secondary N) is 1. The molecular formula is C16H17Cl2N3O. The van der Waals surface area contributed by atoms with Gasteiger partial charge in [0.2, 0.25) is 0 Å². The Labute approximate surface area is 140 Å². The molecule has 1 amide bonds. The molecule has 1 heterocycles. The highest BCUT2D eigenvalue weighted by Crippen LogP contribution is 2.27. The first-order valence-corrected chi connectivity index (χ1v) is 7.78. The molecule has 0 aliphatic heterocycles. The number of carbonyl (C=O) groups excluding carboxylic acids is 1. The van der Waals surface area contributed by atoms with Crippen LogP contribution in [0.25, 0.3) is 0 Å². The number of benzene rings is 1. The molecule has 0 saturated heterocycles. The lowest BCUT2D eigenvalue weighted by Gasteiger charge is -2.18. The fourth-order valence-electron chi connectivity index (χ4n) is 2.04. The Balaban J connectivity index is 2.21. The van der Waals surface area contributed by atoms with Crippen LogP contribution in [0.2, 0.25) is 10.0 Å². The fraction of sp³-hybridized carbons (Fsp3) is 0.250. The Morgan fingerprint density at radius 1 is 1.09 bits per heavy atom. The maximum absolute atomic E-state index is 12.3. The molecule has 2 rings (SSSR count). The van der Waals surface area contributed by atoms with E-state index >= 15 is 0 Å². The van der Waals surface area contributed by atoms with Crippen LogP contribution < -0.4 is 5.32 Å². The molecule has 0 atom stereocenters. The second-order valence-corrected chi connectivity index (χ2v) is 5.48. The van der Waals surface area contributed by atoms with Crippen molar-refractivity contribution >= 4 is 40.5 Å². The zero-order valence-electron chi connectivity index (χ0n) is 12.4. The molecule has 2 aromatic rings. The first-order valence-electron chi connectivity index (χ1n) is 7.02. The zero-order chi connectivity index (χ0) is 16.1. The van der Waals surface area contributed by atoms with Crippen LogP contribution in [0, 0.1) is 0 Å². The Morgan fingerprint density at radius 3 is 2.41 bits per heavy atom. The van der Waals surface area contributed by atoms with Crippen molar-refractivity contribution < 1.29 is 4.79 Å². The summed E-state index contributed by atoms with van der Waals surface area (Å²) in [5.41, 5.74) is 1.97. The minimum absolute atomic E-state index is 0.0808. The average molecular weight is 338 g/mol. The number of rotatable bonds is 5. The van der Waals surface area contributed by atoms with Crippen molar-refractivity contribution in [1.82, 2.24) is 9.88 Å². The standard InChI is InChI=1S/C16H17Cl2N3O/c1-3-21(4-2)16(22)15-10-12(7-8-19-15)20-11-5-6-13(17)14(18)9-11/h5-10H,3-4H2,1-2H3,(H,19,20). The van der Waals surface area contributed by atoms with Crippen LogP contribution in [0.5, 0.6) is 0 Å². The quantitative estimate of drug-likeness (QED) is 0.866. The van der Waals surface area contributed by atoms with Gasteiger partial charge < -0.3 is 10.2 Å². The molecule has 0 radical (unpaired) electrons. The molecule has 1 aromatic carbocycles. The number of hydrogen-bond donors (Lipinski definition) is 1. The van der Waals surface area contributed by atoms with Gasteiger partial charge in [-0.15, -0.1) is 0 Å². The number of carbonyl (C=O) groups is 1. The Kier molecular flexibility index (Phi) is 5.63. The van der Waals surface area contributed by atoms with Gasteiger partial charge in [0.1, 0.15) is 5.69 Å². The third-order valence-electron chi connectivity index (χ3n) is 3.24. The summed E-state index contributed by atoms with van der Waals surface area (Å²) in [6, 6.07) is 8.79. The summed E-state index contributed by atoms with van der Waals surface area (Å²) in [6.07, 6.45) is 1.61. The first-order chi connectivity index (χ1) is 10.5. The molecule has 6 heteroatoms. The van der Waals surface area contributed by atoms with Crippen LogP contribution in [0.3, 0.4) is 0 Å². The highest BCUT2D eigenvalue weighted by molar-refractivity contribution is 6.42. The predicted octanol–water partition coefficient (Wildman–Crippen LogP) is 4.61. The molecule has 0 bridgehead atoms. The topological polar surface area (TPSA) is 45.2 Å². The summed E-state index contributed by atoms with van der Waals surface area (Å²) < 4.78 is 0. The van der Waals surface area contributed by atoms with Gasteiger partial charge in [-0.2, -0.15) is 0 Å². The van der Waals surface area contributed by atoms with Gasteiger partial charge in [0, 0.05) is 30.7 Å². The molecule has 1 N–H and O–H groups in total. The smallest absolute Gasteiger partial charge is 0.272 e. The lowest BCUT2D eigenvalue weighted by atomic mass is 10.2. The van der Waals surface area contributed by atoms with Crippen LogP contribution in [-0.2, 0) is 0 Å². The van der Waals surface area contributed by atoms with Gasteiger partial charge >= 0.3 is 0 Å². The number of amides is 1. The van der Waals surface area contributed by atoms with E-state index in [9.17, 15) is 4.79 Å². The van der Waals surface area contributed by atoms with Gasteiger partial charge in [0.15, 0.2) is 0 Å². The number of anilines is 2. The van der Waals surface area contributed by atoms with Crippen molar-refractivity contribution in [2.45, 2.75) is 13.8 Å². The molecule has 116 valence electrons. The minimum Gasteiger partial charge on any atom is -0.355 e. The number of pyridine rings is 1. The van der Waals surface area contributed by atoms with E-state index in [1.807, 2.05) is 19.9 Å². The van der Waals surface area contributed by atoms with Crippen LogP contribution in [0.15, 0.2) is 36.5 Å². The van der Waals surface area contributed by atoms with E-state index in [2.05, 4.69) is 10.3 Å². The SMILES string of the molecule is CCN(CC)C(=O)c1cc(Nc2ccc(Cl)c(Cl)c2)ccn1. The molecule has 0 aliphatic rings. The molecule has 0 saturated carbocycles. The maximum Gasteiger partial charge on any atom is 0.272 e. The van der Waals surface area contributed by atoms with Gasteiger partial charge in [0.05, 0.1) is 10.0 Å². The number of hydrogen-bond acceptors (Lipinski definition) is 3. The minimum atomic E-state index is -0.0808. The molecular weight excluding hydrogens is 321 g/mol. The maximum atomic E-state index is 12.3. The predicted molar refractivity (Wildman–Crippen MR) is 91.2 cm³/mol. The average Bonchev–Trinajstić information content (AvgIpc) is 2.52. The third kappa shape index (κ3) is 3.90. The summed E-state index contributed by atoms with van der Waals surface area (Å²) in [5, 5.41) is 4.16. The normalized spacial score (nSPS) is 10.4.